The van der Waals surface area contributed by atoms with Crippen molar-refractivity contribution in [3.8, 4) is 0 Å². The maximum absolute atomic E-state index is 12.0. The molecule has 0 fully saturated rings. The van der Waals surface area contributed by atoms with Gasteiger partial charge in [0.1, 0.15) is 10.7 Å². The Balaban J connectivity index is 2.02. The van der Waals surface area contributed by atoms with Gasteiger partial charge in [-0.25, -0.2) is 18.1 Å². The molecule has 3 N–H and O–H groups in total. The van der Waals surface area contributed by atoms with Gasteiger partial charge in [0.2, 0.25) is 10.0 Å². The van der Waals surface area contributed by atoms with Gasteiger partial charge in [0, 0.05) is 18.9 Å². The summed E-state index contributed by atoms with van der Waals surface area (Å²) in [5.41, 5.74) is 6.46. The van der Waals surface area contributed by atoms with E-state index in [1.165, 1.54) is 12.3 Å². The van der Waals surface area contributed by atoms with Gasteiger partial charge in [0.25, 0.3) is 0 Å². The maximum atomic E-state index is 12.0. The molecule has 108 valence electrons. The third-order valence-corrected chi connectivity index (χ3v) is 4.28. The second-order valence-electron chi connectivity index (χ2n) is 4.22. The molecule has 0 aliphatic carbocycles. The molecule has 2 aromatic rings. The predicted molar refractivity (Wildman–Crippen MR) is 75.8 cm³/mol. The number of aryl methyl sites for hydroxylation is 1. The molecule has 9 heteroatoms. The van der Waals surface area contributed by atoms with Crippen molar-refractivity contribution in [2.45, 2.75) is 18.4 Å². The van der Waals surface area contributed by atoms with Crippen molar-refractivity contribution < 1.29 is 8.42 Å². The van der Waals surface area contributed by atoms with Crippen LogP contribution in [0.2, 0.25) is 5.02 Å². The summed E-state index contributed by atoms with van der Waals surface area (Å²) in [4.78, 5) is 3.70. The Morgan fingerprint density at radius 1 is 1.45 bits per heavy atom. The molecular formula is C11H14ClN5O2S. The highest BCUT2D eigenvalue weighted by atomic mass is 35.5. The fourth-order valence-corrected chi connectivity index (χ4v) is 2.77. The Morgan fingerprint density at radius 3 is 2.80 bits per heavy atom. The van der Waals surface area contributed by atoms with Crippen LogP contribution in [-0.4, -0.2) is 29.7 Å². The van der Waals surface area contributed by atoms with Crippen LogP contribution in [0.5, 0.6) is 0 Å². The summed E-state index contributed by atoms with van der Waals surface area (Å²) in [5, 5.41) is 4.17. The van der Waals surface area contributed by atoms with Gasteiger partial charge in [-0.05, 0) is 18.6 Å². The monoisotopic (exact) mass is 315 g/mol. The first-order valence-corrected chi connectivity index (χ1v) is 7.64. The molecule has 0 unspecified atom stereocenters. The number of pyridine rings is 1. The van der Waals surface area contributed by atoms with E-state index >= 15 is 0 Å². The highest BCUT2D eigenvalue weighted by Gasteiger charge is 2.15. The number of nitrogen functional groups attached to an aromatic ring is 1. The van der Waals surface area contributed by atoms with E-state index in [0.717, 1.165) is 5.56 Å². The lowest BCUT2D eigenvalue weighted by molar-refractivity contribution is 0.560. The number of nitrogens with two attached hydrogens (primary N) is 1. The van der Waals surface area contributed by atoms with Gasteiger partial charge < -0.3 is 5.73 Å². The Kier molecular flexibility index (Phi) is 4.26. The molecule has 0 aliphatic rings. The number of nitrogens with zero attached hydrogens (tertiary/aromatic N) is 3. The standard InChI is InChI=1S/C11H14ClN5O2S/c1-8-5-15-17(7-8)3-2-16-20(18,19)9-4-10(12)11(13)14-6-9/h4-7,16H,2-3H2,1H3,(H2,13,14). The van der Waals surface area contributed by atoms with E-state index in [1.807, 2.05) is 13.1 Å². The normalized spacial score (nSPS) is 11.7. The molecule has 0 radical (unpaired) electrons. The first-order valence-electron chi connectivity index (χ1n) is 5.78. The van der Waals surface area contributed by atoms with Gasteiger partial charge in [0.05, 0.1) is 17.8 Å². The Bertz CT molecular complexity index is 713. The van der Waals surface area contributed by atoms with Gasteiger partial charge in [-0.2, -0.15) is 5.10 Å². The van der Waals surface area contributed by atoms with Crippen LogP contribution in [0.15, 0.2) is 29.6 Å². The quantitative estimate of drug-likeness (QED) is 0.849. The first kappa shape index (κ1) is 14.8. The van der Waals surface area contributed by atoms with Gasteiger partial charge in [-0.1, -0.05) is 11.6 Å². The molecule has 0 atom stereocenters. The van der Waals surface area contributed by atoms with Crippen LogP contribution in [-0.2, 0) is 16.6 Å². The second kappa shape index (κ2) is 5.78. The number of nitrogens with one attached hydrogen (secondary N) is 1. The zero-order valence-corrected chi connectivity index (χ0v) is 12.3. The molecule has 20 heavy (non-hydrogen) atoms. The Hall–Kier alpha value is -1.64. The smallest absolute Gasteiger partial charge is 0.242 e. The van der Waals surface area contributed by atoms with Crippen molar-refractivity contribution in [1.29, 1.82) is 0 Å². The van der Waals surface area contributed by atoms with Crippen molar-refractivity contribution in [3.05, 3.63) is 35.2 Å². The van der Waals surface area contributed by atoms with Crippen molar-refractivity contribution in [3.63, 3.8) is 0 Å². The van der Waals surface area contributed by atoms with E-state index < -0.39 is 10.0 Å². The van der Waals surface area contributed by atoms with Crippen molar-refractivity contribution in [2.24, 2.45) is 0 Å². The minimum Gasteiger partial charge on any atom is -0.382 e. The molecule has 0 aromatic carbocycles. The third kappa shape index (κ3) is 3.47. The van der Waals surface area contributed by atoms with E-state index in [-0.39, 0.29) is 22.3 Å². The fraction of sp³-hybridized carbons (Fsp3) is 0.273. The van der Waals surface area contributed by atoms with Crippen molar-refractivity contribution in [1.82, 2.24) is 19.5 Å². The molecule has 0 bridgehead atoms. The van der Waals surface area contributed by atoms with E-state index in [0.29, 0.717) is 6.54 Å². The predicted octanol–water partition coefficient (Wildman–Crippen LogP) is 0.801. The van der Waals surface area contributed by atoms with Gasteiger partial charge in [0.15, 0.2) is 0 Å². The molecule has 7 nitrogen and oxygen atoms in total. The first-order chi connectivity index (χ1) is 9.38. The second-order valence-corrected chi connectivity index (χ2v) is 6.39. The van der Waals surface area contributed by atoms with E-state index in [9.17, 15) is 8.42 Å². The minimum atomic E-state index is -3.66. The topological polar surface area (TPSA) is 103 Å². The lowest BCUT2D eigenvalue weighted by Crippen LogP contribution is -2.27. The highest BCUT2D eigenvalue weighted by Crippen LogP contribution is 2.19. The molecule has 0 aliphatic heterocycles. The summed E-state index contributed by atoms with van der Waals surface area (Å²) in [6.07, 6.45) is 4.70. The molecule has 0 saturated carbocycles. The number of halogens is 1. The summed E-state index contributed by atoms with van der Waals surface area (Å²) in [5.74, 6) is 0.0950. The fourth-order valence-electron chi connectivity index (χ4n) is 1.55. The van der Waals surface area contributed by atoms with Crippen LogP contribution in [0.4, 0.5) is 5.82 Å². The molecule has 0 spiro atoms. The minimum absolute atomic E-state index is 0.0201. The molecule has 0 saturated heterocycles. The van der Waals surface area contributed by atoms with E-state index in [1.54, 1.807) is 10.9 Å². The number of sulfonamides is 1. The number of hydrogen-bond donors (Lipinski definition) is 2. The summed E-state index contributed by atoms with van der Waals surface area (Å²) in [6, 6.07) is 1.27. The number of anilines is 1. The lowest BCUT2D eigenvalue weighted by Gasteiger charge is -2.07. The van der Waals surface area contributed by atoms with Crippen LogP contribution in [0.3, 0.4) is 0 Å². The van der Waals surface area contributed by atoms with Gasteiger partial charge in [-0.15, -0.1) is 0 Å². The molecule has 2 heterocycles. The van der Waals surface area contributed by atoms with E-state index in [4.69, 9.17) is 17.3 Å². The van der Waals surface area contributed by atoms with Crippen LogP contribution in [0.1, 0.15) is 5.56 Å². The average Bonchev–Trinajstić information content (AvgIpc) is 2.78. The Labute approximate surface area is 121 Å². The zero-order valence-electron chi connectivity index (χ0n) is 10.7. The van der Waals surface area contributed by atoms with Crippen LogP contribution >= 0.6 is 11.6 Å². The van der Waals surface area contributed by atoms with Crippen LogP contribution in [0.25, 0.3) is 0 Å². The number of rotatable bonds is 5. The molecule has 2 rings (SSSR count). The van der Waals surface area contributed by atoms with Crippen molar-refractivity contribution in [2.75, 3.05) is 12.3 Å². The molecule has 2 aromatic heterocycles. The average molecular weight is 316 g/mol. The zero-order chi connectivity index (χ0) is 14.8. The summed E-state index contributed by atoms with van der Waals surface area (Å²) in [6.45, 7) is 2.56. The van der Waals surface area contributed by atoms with Crippen LogP contribution in [0, 0.1) is 6.92 Å². The number of aromatic nitrogens is 3. The lowest BCUT2D eigenvalue weighted by atomic mass is 10.4. The van der Waals surface area contributed by atoms with Gasteiger partial charge >= 0.3 is 0 Å². The summed E-state index contributed by atoms with van der Waals surface area (Å²) in [7, 11) is -3.66. The van der Waals surface area contributed by atoms with Crippen LogP contribution < -0.4 is 10.5 Å². The van der Waals surface area contributed by atoms with Gasteiger partial charge in [-0.3, -0.25) is 4.68 Å². The summed E-state index contributed by atoms with van der Waals surface area (Å²) >= 11 is 5.76. The third-order valence-electron chi connectivity index (χ3n) is 2.55. The molecular weight excluding hydrogens is 302 g/mol. The number of hydrogen-bond acceptors (Lipinski definition) is 5. The Morgan fingerprint density at radius 2 is 2.20 bits per heavy atom. The highest BCUT2D eigenvalue weighted by molar-refractivity contribution is 7.89. The SMILES string of the molecule is Cc1cnn(CCNS(=O)(=O)c2cnc(N)c(Cl)c2)c1. The molecule has 0 amide bonds. The maximum Gasteiger partial charge on any atom is 0.242 e. The van der Waals surface area contributed by atoms with E-state index in [2.05, 4.69) is 14.8 Å². The largest absolute Gasteiger partial charge is 0.382 e. The van der Waals surface area contributed by atoms with Crippen molar-refractivity contribution >= 4 is 27.4 Å². The summed E-state index contributed by atoms with van der Waals surface area (Å²) < 4.78 is 28.1.